The van der Waals surface area contributed by atoms with Crippen LogP contribution in [-0.2, 0) is 11.2 Å². The van der Waals surface area contributed by atoms with E-state index in [4.69, 9.17) is 21.1 Å². The van der Waals surface area contributed by atoms with Crippen molar-refractivity contribution in [2.24, 2.45) is 0 Å². The molecule has 0 radical (unpaired) electrons. The van der Waals surface area contributed by atoms with Gasteiger partial charge in [0, 0.05) is 11.4 Å². The molecule has 1 aliphatic heterocycles. The summed E-state index contributed by atoms with van der Waals surface area (Å²) in [7, 11) is 3.27. The van der Waals surface area contributed by atoms with E-state index in [1.165, 1.54) is 5.56 Å². The van der Waals surface area contributed by atoms with Crippen LogP contribution >= 0.6 is 11.6 Å². The Hall–Kier alpha value is -3.55. The van der Waals surface area contributed by atoms with Crippen LogP contribution in [0.1, 0.15) is 41.6 Å². The highest BCUT2D eigenvalue weighted by atomic mass is 35.5. The van der Waals surface area contributed by atoms with Crippen LogP contribution in [0.5, 0.6) is 11.5 Å². The van der Waals surface area contributed by atoms with Crippen molar-refractivity contribution in [1.29, 1.82) is 0 Å². The quantitative estimate of drug-likeness (QED) is 0.303. The van der Waals surface area contributed by atoms with E-state index in [0.717, 1.165) is 50.3 Å². The fourth-order valence-corrected chi connectivity index (χ4v) is 4.63. The lowest BCUT2D eigenvalue weighted by molar-refractivity contribution is -0.118. The molecule has 0 unspecified atom stereocenters. The minimum atomic E-state index is -0.256. The number of halogens is 1. The number of hydrogen-bond acceptors (Lipinski definition) is 5. The zero-order chi connectivity index (χ0) is 26.2. The van der Waals surface area contributed by atoms with Gasteiger partial charge in [0.25, 0.3) is 5.91 Å². The Morgan fingerprint density at radius 3 is 2.54 bits per heavy atom. The van der Waals surface area contributed by atoms with Crippen molar-refractivity contribution in [1.82, 2.24) is 5.32 Å². The van der Waals surface area contributed by atoms with Crippen LogP contribution in [0.2, 0.25) is 5.02 Å². The monoisotopic (exact) mass is 521 g/mol. The maximum absolute atomic E-state index is 13.4. The Labute approximate surface area is 222 Å². The number of amides is 2. The van der Waals surface area contributed by atoms with Gasteiger partial charge in [-0.2, -0.15) is 0 Å². The largest absolute Gasteiger partial charge is 0.493 e. The van der Waals surface area contributed by atoms with E-state index in [1.807, 2.05) is 24.3 Å². The first kappa shape index (κ1) is 26.5. The van der Waals surface area contributed by atoms with Crippen LogP contribution in [0.15, 0.2) is 60.7 Å². The van der Waals surface area contributed by atoms with Crippen molar-refractivity contribution in [2.45, 2.75) is 32.1 Å². The Morgan fingerprint density at radius 2 is 1.73 bits per heavy atom. The molecule has 7 nitrogen and oxygen atoms in total. The summed E-state index contributed by atoms with van der Waals surface area (Å²) in [6.07, 6.45) is 3.94. The lowest BCUT2D eigenvalue weighted by Gasteiger charge is -2.24. The number of nitrogens with zero attached hydrogens (tertiary/aromatic N) is 1. The molecule has 194 valence electrons. The molecule has 4 rings (SSSR count). The number of ether oxygens (including phenoxy) is 2. The number of hydrogen-bond donors (Lipinski definition) is 2. The summed E-state index contributed by atoms with van der Waals surface area (Å²) in [6.45, 7) is 1.74. The second-order valence-electron chi connectivity index (χ2n) is 8.86. The number of rotatable bonds is 11. The van der Waals surface area contributed by atoms with Gasteiger partial charge in [-0.15, -0.1) is 0 Å². The third-order valence-corrected chi connectivity index (χ3v) is 6.60. The highest BCUT2D eigenvalue weighted by Gasteiger charge is 2.28. The molecule has 3 aromatic carbocycles. The van der Waals surface area contributed by atoms with E-state index < -0.39 is 0 Å². The first-order chi connectivity index (χ1) is 18.0. The summed E-state index contributed by atoms with van der Waals surface area (Å²) in [5, 5.41) is 6.85. The number of benzene rings is 3. The first-order valence-corrected chi connectivity index (χ1v) is 12.8. The summed E-state index contributed by atoms with van der Waals surface area (Å²) < 4.78 is 10.7. The highest BCUT2D eigenvalue weighted by Crippen LogP contribution is 2.39. The van der Waals surface area contributed by atoms with Crippen LogP contribution in [0, 0.1) is 0 Å². The molecule has 37 heavy (non-hydrogen) atoms. The van der Waals surface area contributed by atoms with Gasteiger partial charge in [0.2, 0.25) is 5.91 Å². The molecule has 0 bridgehead atoms. The van der Waals surface area contributed by atoms with Gasteiger partial charge in [0.05, 0.1) is 36.8 Å². The smallest absolute Gasteiger partial charge is 0.257 e. The Morgan fingerprint density at radius 1 is 0.919 bits per heavy atom. The number of para-hydroxylation sites is 1. The van der Waals surface area contributed by atoms with Crippen LogP contribution in [0.25, 0.3) is 0 Å². The molecule has 2 amide bonds. The van der Waals surface area contributed by atoms with E-state index in [-0.39, 0.29) is 11.8 Å². The van der Waals surface area contributed by atoms with Gasteiger partial charge in [-0.05, 0) is 80.4 Å². The zero-order valence-electron chi connectivity index (χ0n) is 21.2. The second-order valence-corrected chi connectivity index (χ2v) is 9.30. The molecule has 8 heteroatoms. The maximum Gasteiger partial charge on any atom is 0.257 e. The van der Waals surface area contributed by atoms with Crippen molar-refractivity contribution in [3.63, 3.8) is 0 Å². The molecule has 0 atom stereocenters. The Bertz CT molecular complexity index is 1260. The number of anilines is 3. The first-order valence-electron chi connectivity index (χ1n) is 12.5. The zero-order valence-corrected chi connectivity index (χ0v) is 21.9. The summed E-state index contributed by atoms with van der Waals surface area (Å²) in [4.78, 5) is 27.8. The van der Waals surface area contributed by atoms with Crippen molar-refractivity contribution >= 4 is 40.5 Å². The second kappa shape index (κ2) is 12.6. The number of carbonyl (C=O) groups is 2. The molecule has 0 saturated heterocycles. The molecule has 1 heterocycles. The highest BCUT2D eigenvalue weighted by molar-refractivity contribution is 6.31. The molecule has 0 spiro atoms. The van der Waals surface area contributed by atoms with Crippen LogP contribution in [0.4, 0.5) is 17.1 Å². The molecule has 0 fully saturated rings. The predicted octanol–water partition coefficient (Wildman–Crippen LogP) is 5.98. The topological polar surface area (TPSA) is 79.9 Å². The number of fused-ring (bicyclic) bond motifs is 2. The number of carbonyl (C=O) groups excluding carboxylic acids is 2. The maximum atomic E-state index is 13.4. The molecule has 0 aliphatic carbocycles. The van der Waals surface area contributed by atoms with Crippen LogP contribution < -0.4 is 25.0 Å². The molecule has 1 aliphatic rings. The molecule has 2 N–H and O–H groups in total. The summed E-state index contributed by atoms with van der Waals surface area (Å²) in [5.74, 6) is 1.16. The lowest BCUT2D eigenvalue weighted by Crippen LogP contribution is -2.26. The van der Waals surface area contributed by atoms with Crippen molar-refractivity contribution in [2.75, 3.05) is 37.5 Å². The van der Waals surface area contributed by atoms with Crippen LogP contribution in [-0.4, -0.2) is 39.1 Å². The number of unbranched alkanes of at least 4 members (excludes halogenated alkanes) is 2. The fraction of sp³-hybridized carbons (Fsp3) is 0.310. The Balaban J connectivity index is 1.27. The third-order valence-electron chi connectivity index (χ3n) is 6.37. The van der Waals surface area contributed by atoms with E-state index in [0.29, 0.717) is 34.1 Å². The fourth-order valence-electron chi connectivity index (χ4n) is 4.46. The summed E-state index contributed by atoms with van der Waals surface area (Å²) in [5.41, 5.74) is 3.39. The van der Waals surface area contributed by atoms with E-state index in [9.17, 15) is 9.59 Å². The average molecular weight is 522 g/mol. The average Bonchev–Trinajstić information content (AvgIpc) is 3.03. The van der Waals surface area contributed by atoms with Gasteiger partial charge in [-0.1, -0.05) is 36.2 Å². The lowest BCUT2D eigenvalue weighted by atomic mass is 10.1. The third kappa shape index (κ3) is 6.42. The van der Waals surface area contributed by atoms with Crippen LogP contribution in [0.3, 0.4) is 0 Å². The minimum absolute atomic E-state index is 0.0473. The van der Waals surface area contributed by atoms with E-state index in [1.54, 1.807) is 55.5 Å². The van der Waals surface area contributed by atoms with Crippen molar-refractivity contribution in [3.8, 4) is 11.5 Å². The molecule has 0 aromatic heterocycles. The van der Waals surface area contributed by atoms with Gasteiger partial charge < -0.3 is 20.1 Å². The molecule has 3 aromatic rings. The predicted molar refractivity (Wildman–Crippen MR) is 148 cm³/mol. The van der Waals surface area contributed by atoms with Gasteiger partial charge in [-0.3, -0.25) is 14.5 Å². The van der Waals surface area contributed by atoms with E-state index in [2.05, 4.69) is 10.6 Å². The molecular weight excluding hydrogens is 490 g/mol. The van der Waals surface area contributed by atoms with Gasteiger partial charge in [-0.25, -0.2) is 0 Å². The van der Waals surface area contributed by atoms with Crippen molar-refractivity contribution < 1.29 is 19.1 Å². The SMILES string of the molecule is COc1ccc(CCNCCCCCC(=O)N2c3ccc(Cl)cc3NC(=O)c3ccccc32)cc1OC. The molecule has 0 saturated carbocycles. The normalized spacial score (nSPS) is 12.3. The van der Waals surface area contributed by atoms with Gasteiger partial charge >= 0.3 is 0 Å². The van der Waals surface area contributed by atoms with E-state index >= 15 is 0 Å². The summed E-state index contributed by atoms with van der Waals surface area (Å²) in [6, 6.07) is 18.3. The van der Waals surface area contributed by atoms with Gasteiger partial charge in [0.15, 0.2) is 11.5 Å². The summed E-state index contributed by atoms with van der Waals surface area (Å²) >= 11 is 6.16. The number of nitrogens with one attached hydrogen (secondary N) is 2. The van der Waals surface area contributed by atoms with Gasteiger partial charge in [0.1, 0.15) is 0 Å². The standard InChI is InChI=1S/C29H32ClN3O4/c1-36-26-14-11-20(18-27(26)37-2)15-17-31-16-7-3-4-10-28(34)33-24-9-6-5-8-22(24)29(35)32-23-19-21(30)12-13-25(23)33/h5-6,8-9,11-14,18-19,31H,3-4,7,10,15-17H2,1-2H3,(H,32,35). The Kier molecular flexibility index (Phi) is 9.04. The molecular formula is C29H32ClN3O4. The minimum Gasteiger partial charge on any atom is -0.493 e. The number of methoxy groups -OCH3 is 2. The van der Waals surface area contributed by atoms with Crippen molar-refractivity contribution in [3.05, 3.63) is 76.8 Å².